The fourth-order valence-electron chi connectivity index (χ4n) is 1.45. The second-order valence-corrected chi connectivity index (χ2v) is 4.60. The summed E-state index contributed by atoms with van der Waals surface area (Å²) in [4.78, 5) is 8.71. The Morgan fingerprint density at radius 2 is 2.18 bits per heavy atom. The smallest absolute Gasteiger partial charge is 0.213 e. The summed E-state index contributed by atoms with van der Waals surface area (Å²) in [6.07, 6.45) is 0. The first kappa shape index (κ1) is 12.0. The molecule has 0 aliphatic carbocycles. The Morgan fingerprint density at radius 3 is 2.88 bits per heavy atom. The van der Waals surface area contributed by atoms with Gasteiger partial charge in [-0.15, -0.1) is 11.3 Å². The molecule has 0 atom stereocenters. The van der Waals surface area contributed by atoms with E-state index in [2.05, 4.69) is 20.7 Å². The molecule has 0 aromatic carbocycles. The number of aryl methyl sites for hydroxylation is 1. The van der Waals surface area contributed by atoms with Crippen LogP contribution in [-0.2, 0) is 13.1 Å². The molecule has 1 N–H and O–H groups in total. The first-order valence-electron chi connectivity index (χ1n) is 5.39. The van der Waals surface area contributed by atoms with E-state index in [1.54, 1.807) is 18.4 Å². The first-order chi connectivity index (χ1) is 8.28. The molecule has 0 radical (unpaired) electrons. The van der Waals surface area contributed by atoms with Crippen LogP contribution in [0.15, 0.2) is 23.6 Å². The third-order valence-corrected chi connectivity index (χ3v) is 3.21. The molecule has 0 bridgehead atoms. The molecule has 0 unspecified atom stereocenters. The van der Waals surface area contributed by atoms with Crippen molar-refractivity contribution in [3.05, 3.63) is 40.0 Å². The number of nitrogens with one attached hydrogen (secondary N) is 1. The summed E-state index contributed by atoms with van der Waals surface area (Å²) in [5.41, 5.74) is 2.05. The zero-order chi connectivity index (χ0) is 12.1. The summed E-state index contributed by atoms with van der Waals surface area (Å²) >= 11 is 1.67. The van der Waals surface area contributed by atoms with Crippen molar-refractivity contribution in [1.29, 1.82) is 0 Å². The molecule has 0 aliphatic heterocycles. The number of hydrogen-bond donors (Lipinski definition) is 1. The molecule has 0 fully saturated rings. The Labute approximate surface area is 105 Å². The van der Waals surface area contributed by atoms with Crippen molar-refractivity contribution in [3.63, 3.8) is 0 Å². The second kappa shape index (κ2) is 5.75. The lowest BCUT2D eigenvalue weighted by molar-refractivity contribution is 0.395. The van der Waals surface area contributed by atoms with Crippen LogP contribution in [0, 0.1) is 6.92 Å². The van der Waals surface area contributed by atoms with E-state index in [4.69, 9.17) is 4.74 Å². The van der Waals surface area contributed by atoms with Crippen molar-refractivity contribution >= 4 is 11.3 Å². The van der Waals surface area contributed by atoms with Gasteiger partial charge in [0, 0.05) is 30.2 Å². The lowest BCUT2D eigenvalue weighted by Crippen LogP contribution is -2.13. The van der Waals surface area contributed by atoms with Gasteiger partial charge in [-0.05, 0) is 13.0 Å². The highest BCUT2D eigenvalue weighted by Crippen LogP contribution is 2.09. The van der Waals surface area contributed by atoms with E-state index in [9.17, 15) is 0 Å². The van der Waals surface area contributed by atoms with Crippen LogP contribution in [0.2, 0.25) is 0 Å². The lowest BCUT2D eigenvalue weighted by atomic mass is 10.3. The number of pyridine rings is 1. The Kier molecular flexibility index (Phi) is 4.06. The number of aromatic nitrogens is 2. The van der Waals surface area contributed by atoms with Gasteiger partial charge in [0.1, 0.15) is 5.01 Å². The van der Waals surface area contributed by atoms with Crippen molar-refractivity contribution in [2.24, 2.45) is 0 Å². The molecule has 0 saturated heterocycles. The van der Waals surface area contributed by atoms with Gasteiger partial charge in [0.25, 0.3) is 0 Å². The summed E-state index contributed by atoms with van der Waals surface area (Å²) in [6, 6.07) is 5.76. The second-order valence-electron chi connectivity index (χ2n) is 3.66. The van der Waals surface area contributed by atoms with Crippen LogP contribution in [0.25, 0.3) is 0 Å². The molecule has 2 heterocycles. The van der Waals surface area contributed by atoms with Crippen LogP contribution in [0.3, 0.4) is 0 Å². The largest absolute Gasteiger partial charge is 0.481 e. The standard InChI is InChI=1S/C12H15N3OS/c1-9-8-17-12(14-9)7-13-6-10-4-3-5-11(15-10)16-2/h3-5,8,13H,6-7H2,1-2H3. The van der Waals surface area contributed by atoms with Crippen molar-refractivity contribution in [2.45, 2.75) is 20.0 Å². The third-order valence-electron chi connectivity index (χ3n) is 2.24. The van der Waals surface area contributed by atoms with Gasteiger partial charge in [-0.25, -0.2) is 9.97 Å². The predicted molar refractivity (Wildman–Crippen MR) is 68.2 cm³/mol. The summed E-state index contributed by atoms with van der Waals surface area (Å²) < 4.78 is 5.07. The zero-order valence-corrected chi connectivity index (χ0v) is 10.8. The van der Waals surface area contributed by atoms with E-state index >= 15 is 0 Å². The number of hydrogen-bond acceptors (Lipinski definition) is 5. The van der Waals surface area contributed by atoms with Crippen LogP contribution in [0.5, 0.6) is 5.88 Å². The lowest BCUT2D eigenvalue weighted by Gasteiger charge is -2.04. The average molecular weight is 249 g/mol. The summed E-state index contributed by atoms with van der Waals surface area (Å²) in [6.45, 7) is 3.50. The SMILES string of the molecule is COc1cccc(CNCc2nc(C)cs2)n1. The van der Waals surface area contributed by atoms with E-state index in [1.807, 2.05) is 25.1 Å². The van der Waals surface area contributed by atoms with E-state index in [0.29, 0.717) is 5.88 Å². The molecule has 0 spiro atoms. The number of methoxy groups -OCH3 is 1. The van der Waals surface area contributed by atoms with Gasteiger partial charge < -0.3 is 10.1 Å². The van der Waals surface area contributed by atoms with Crippen molar-refractivity contribution in [3.8, 4) is 5.88 Å². The van der Waals surface area contributed by atoms with E-state index in [0.717, 1.165) is 29.5 Å². The van der Waals surface area contributed by atoms with Crippen LogP contribution in [0.1, 0.15) is 16.4 Å². The van der Waals surface area contributed by atoms with E-state index in [-0.39, 0.29) is 0 Å². The molecule has 2 aromatic rings. The Hall–Kier alpha value is -1.46. The summed E-state index contributed by atoms with van der Waals surface area (Å²) in [5.74, 6) is 0.648. The highest BCUT2D eigenvalue weighted by Gasteiger charge is 2.00. The molecular formula is C12H15N3OS. The highest BCUT2D eigenvalue weighted by molar-refractivity contribution is 7.09. The van der Waals surface area contributed by atoms with Crippen molar-refractivity contribution < 1.29 is 4.74 Å². The highest BCUT2D eigenvalue weighted by atomic mass is 32.1. The monoisotopic (exact) mass is 249 g/mol. The van der Waals surface area contributed by atoms with Gasteiger partial charge in [-0.2, -0.15) is 0 Å². The molecule has 17 heavy (non-hydrogen) atoms. The number of rotatable bonds is 5. The van der Waals surface area contributed by atoms with Gasteiger partial charge in [0.15, 0.2) is 0 Å². The zero-order valence-electron chi connectivity index (χ0n) is 9.93. The van der Waals surface area contributed by atoms with Crippen LogP contribution in [-0.4, -0.2) is 17.1 Å². The minimum Gasteiger partial charge on any atom is -0.481 e. The topological polar surface area (TPSA) is 47.0 Å². The summed E-state index contributed by atoms with van der Waals surface area (Å²) in [7, 11) is 1.62. The molecule has 5 heteroatoms. The molecule has 4 nitrogen and oxygen atoms in total. The maximum Gasteiger partial charge on any atom is 0.213 e. The van der Waals surface area contributed by atoms with Gasteiger partial charge in [-0.1, -0.05) is 6.07 Å². The first-order valence-corrected chi connectivity index (χ1v) is 6.27. The Bertz CT molecular complexity index is 484. The normalized spacial score (nSPS) is 10.5. The molecule has 0 amide bonds. The van der Waals surface area contributed by atoms with Gasteiger partial charge in [0.05, 0.1) is 12.8 Å². The van der Waals surface area contributed by atoms with Gasteiger partial charge in [-0.3, -0.25) is 0 Å². The maximum atomic E-state index is 5.07. The van der Waals surface area contributed by atoms with Crippen LogP contribution >= 0.6 is 11.3 Å². The van der Waals surface area contributed by atoms with Crippen molar-refractivity contribution in [1.82, 2.24) is 15.3 Å². The molecule has 0 saturated carbocycles. The molecule has 2 rings (SSSR count). The molecule has 90 valence electrons. The van der Waals surface area contributed by atoms with E-state index < -0.39 is 0 Å². The molecular weight excluding hydrogens is 234 g/mol. The summed E-state index contributed by atoms with van der Waals surface area (Å²) in [5, 5.41) is 6.47. The van der Waals surface area contributed by atoms with Gasteiger partial charge >= 0.3 is 0 Å². The third kappa shape index (κ3) is 3.51. The minimum atomic E-state index is 0.648. The molecule has 2 aromatic heterocycles. The Morgan fingerprint density at radius 1 is 1.29 bits per heavy atom. The van der Waals surface area contributed by atoms with Crippen LogP contribution in [0.4, 0.5) is 0 Å². The van der Waals surface area contributed by atoms with Crippen LogP contribution < -0.4 is 10.1 Å². The Balaban J connectivity index is 1.85. The molecule has 0 aliphatic rings. The van der Waals surface area contributed by atoms with Crippen molar-refractivity contribution in [2.75, 3.05) is 7.11 Å². The quantitative estimate of drug-likeness (QED) is 0.882. The average Bonchev–Trinajstić information content (AvgIpc) is 2.75. The maximum absolute atomic E-state index is 5.07. The minimum absolute atomic E-state index is 0.648. The predicted octanol–water partition coefficient (Wildman–Crippen LogP) is 2.14. The van der Waals surface area contributed by atoms with E-state index in [1.165, 1.54) is 0 Å². The number of ether oxygens (including phenoxy) is 1. The fourth-order valence-corrected chi connectivity index (χ4v) is 2.19. The fraction of sp³-hybridized carbons (Fsp3) is 0.333. The van der Waals surface area contributed by atoms with Gasteiger partial charge in [0.2, 0.25) is 5.88 Å². The number of nitrogens with zero attached hydrogens (tertiary/aromatic N) is 2. The number of thiazole rings is 1.